The average molecular weight is 520 g/mol. The fraction of sp³-hybridized carbons (Fsp3) is 0.500. The maximum absolute atomic E-state index is 13.1. The number of benzene rings is 1. The van der Waals surface area contributed by atoms with Gasteiger partial charge in [-0.3, -0.25) is 35.2 Å². The molecular weight excluding hydrogens is 482 g/mol. The number of phenols is 1. The van der Waals surface area contributed by atoms with E-state index in [9.17, 15) is 29.1 Å². The molecule has 204 valence electrons. The number of carbonyl (C=O) groups is 5. The molecule has 0 spiro atoms. The van der Waals surface area contributed by atoms with Crippen LogP contribution in [0, 0.1) is 5.92 Å². The summed E-state index contributed by atoms with van der Waals surface area (Å²) in [6.07, 6.45) is 1.05. The Balaban J connectivity index is 3.23. The maximum Gasteiger partial charge on any atom is 0.269 e. The van der Waals surface area contributed by atoms with E-state index in [1.54, 1.807) is 6.92 Å². The number of rotatable bonds is 16. The van der Waals surface area contributed by atoms with Crippen molar-refractivity contribution >= 4 is 35.2 Å². The first kappa shape index (κ1) is 31.2. The molecule has 0 aliphatic carbocycles. The molecule has 1 rings (SSSR count). The van der Waals surface area contributed by atoms with Crippen molar-refractivity contribution in [2.75, 3.05) is 6.54 Å². The van der Waals surface area contributed by atoms with Crippen LogP contribution in [0.15, 0.2) is 29.3 Å². The molecule has 5 amide bonds. The molecule has 0 heterocycles. The number of aliphatic imine (C=N–C) groups is 1. The molecule has 0 aliphatic heterocycles. The first-order valence-corrected chi connectivity index (χ1v) is 12.0. The van der Waals surface area contributed by atoms with Crippen molar-refractivity contribution in [3.63, 3.8) is 0 Å². The van der Waals surface area contributed by atoms with Gasteiger partial charge in [-0.05, 0) is 36.5 Å². The van der Waals surface area contributed by atoms with Crippen molar-refractivity contribution in [3.05, 3.63) is 29.8 Å². The third-order valence-corrected chi connectivity index (χ3v) is 5.63. The van der Waals surface area contributed by atoms with Crippen LogP contribution in [0.25, 0.3) is 0 Å². The van der Waals surface area contributed by atoms with E-state index < -0.39 is 48.0 Å². The third kappa shape index (κ3) is 11.6. The van der Waals surface area contributed by atoms with Gasteiger partial charge in [0.15, 0.2) is 0 Å². The summed E-state index contributed by atoms with van der Waals surface area (Å²) >= 11 is 0. The highest BCUT2D eigenvalue weighted by molar-refractivity contribution is 6.41. The Morgan fingerprint density at radius 2 is 1.68 bits per heavy atom. The Morgan fingerprint density at radius 3 is 2.22 bits per heavy atom. The molecule has 0 saturated carbocycles. The smallest absolute Gasteiger partial charge is 0.269 e. The van der Waals surface area contributed by atoms with Gasteiger partial charge in [-0.2, -0.15) is 0 Å². The van der Waals surface area contributed by atoms with Gasteiger partial charge in [0.2, 0.25) is 17.7 Å². The average Bonchev–Trinajstić information content (AvgIpc) is 2.84. The number of nitrogens with zero attached hydrogens (tertiary/aromatic N) is 1. The second-order valence-corrected chi connectivity index (χ2v) is 8.68. The van der Waals surface area contributed by atoms with Crippen LogP contribution in [0.3, 0.4) is 0 Å². The largest absolute Gasteiger partial charge is 0.508 e. The van der Waals surface area contributed by atoms with Gasteiger partial charge in [-0.25, -0.2) is 4.99 Å². The summed E-state index contributed by atoms with van der Waals surface area (Å²) in [5.41, 5.74) is 13.4. The summed E-state index contributed by atoms with van der Waals surface area (Å²) in [6.45, 7) is 4.06. The fourth-order valence-corrected chi connectivity index (χ4v) is 3.32. The molecule has 0 aliphatic rings. The van der Waals surface area contributed by atoms with E-state index in [2.05, 4.69) is 21.1 Å². The minimum atomic E-state index is -1.39. The molecule has 0 unspecified atom stereocenters. The topological polar surface area (TPSA) is 232 Å². The number of aromatic hydroxyl groups is 1. The molecule has 0 radical (unpaired) electrons. The van der Waals surface area contributed by atoms with E-state index in [-0.39, 0.29) is 30.2 Å². The lowest BCUT2D eigenvalue weighted by molar-refractivity contribution is -0.129. The molecule has 0 bridgehead atoms. The highest BCUT2D eigenvalue weighted by atomic mass is 16.3. The first-order valence-electron chi connectivity index (χ1n) is 12.0. The Bertz CT molecular complexity index is 980. The highest BCUT2D eigenvalue weighted by Crippen LogP contribution is 2.12. The highest BCUT2D eigenvalue weighted by Gasteiger charge is 2.28. The Kier molecular flexibility index (Phi) is 13.5. The summed E-state index contributed by atoms with van der Waals surface area (Å²) < 4.78 is 0. The van der Waals surface area contributed by atoms with Gasteiger partial charge in [0, 0.05) is 19.4 Å². The normalized spacial score (nSPS) is 13.8. The fourth-order valence-electron chi connectivity index (χ4n) is 3.32. The SMILES string of the molecule is CC[C@H](C)[C@H](NC(=O)/C(Cc1ccc(O)cc1)=N/C(=O)[C@H](CC(N)=O)NC(=O)CCCCNN)C(N)=O. The number of phenolic OH excluding ortho intramolecular Hbond substituents is 1. The van der Waals surface area contributed by atoms with E-state index in [0.29, 0.717) is 31.4 Å². The Hall–Kier alpha value is -3.84. The Morgan fingerprint density at radius 1 is 1.03 bits per heavy atom. The molecule has 37 heavy (non-hydrogen) atoms. The predicted octanol–water partition coefficient (Wildman–Crippen LogP) is -1.09. The number of amides is 5. The number of hydrogen-bond donors (Lipinski definition) is 7. The van der Waals surface area contributed by atoms with Crippen LogP contribution in [-0.2, 0) is 30.4 Å². The predicted molar refractivity (Wildman–Crippen MR) is 137 cm³/mol. The van der Waals surface area contributed by atoms with Crippen LogP contribution >= 0.6 is 0 Å². The van der Waals surface area contributed by atoms with Crippen LogP contribution in [-0.4, -0.2) is 59.0 Å². The molecule has 13 nitrogen and oxygen atoms in total. The number of nitrogens with two attached hydrogens (primary N) is 3. The molecule has 0 fully saturated rings. The van der Waals surface area contributed by atoms with Crippen molar-refractivity contribution < 1.29 is 29.1 Å². The minimum absolute atomic E-state index is 0.000178. The standard InChI is InChI=1S/C24H37N7O6/c1-3-14(2)21(22(26)35)31-24(37)17(12-15-7-9-16(32)10-8-15)30-23(36)18(13-19(25)33)29-20(34)6-4-5-11-28-27/h7-10,14,18,21,28,32H,3-6,11-13,27H2,1-2H3,(H2,25,33)(H2,26,35)(H,29,34)(H,31,37)/b30-17+/t14-,18-,21-/m0/s1. The van der Waals surface area contributed by atoms with Gasteiger partial charge in [0.1, 0.15) is 23.5 Å². The zero-order valence-electron chi connectivity index (χ0n) is 21.2. The van der Waals surface area contributed by atoms with Crippen LogP contribution in [0.1, 0.15) is 51.5 Å². The maximum atomic E-state index is 13.1. The molecule has 1 aromatic rings. The number of nitrogens with one attached hydrogen (secondary N) is 3. The number of unbranched alkanes of at least 4 members (excludes halogenated alkanes) is 1. The van der Waals surface area contributed by atoms with Crippen LogP contribution in [0.4, 0.5) is 0 Å². The first-order chi connectivity index (χ1) is 17.5. The summed E-state index contributed by atoms with van der Waals surface area (Å²) in [6, 6.07) is 3.45. The summed E-state index contributed by atoms with van der Waals surface area (Å²) in [7, 11) is 0. The Labute approximate surface area is 215 Å². The minimum Gasteiger partial charge on any atom is -0.508 e. The number of primary amides is 2. The zero-order chi connectivity index (χ0) is 28.0. The van der Waals surface area contributed by atoms with Crippen molar-refractivity contribution in [1.82, 2.24) is 16.1 Å². The van der Waals surface area contributed by atoms with Crippen molar-refractivity contribution in [3.8, 4) is 5.75 Å². The lowest BCUT2D eigenvalue weighted by atomic mass is 9.98. The molecule has 0 saturated heterocycles. The molecule has 10 N–H and O–H groups in total. The van der Waals surface area contributed by atoms with Crippen molar-refractivity contribution in [2.45, 2.75) is 64.5 Å². The van der Waals surface area contributed by atoms with Gasteiger partial charge in [0.25, 0.3) is 11.8 Å². The second-order valence-electron chi connectivity index (χ2n) is 8.68. The van der Waals surface area contributed by atoms with Crippen molar-refractivity contribution in [2.24, 2.45) is 28.2 Å². The van der Waals surface area contributed by atoms with Crippen molar-refractivity contribution in [1.29, 1.82) is 0 Å². The second kappa shape index (κ2) is 16.0. The van der Waals surface area contributed by atoms with E-state index in [1.807, 2.05) is 6.92 Å². The molecule has 1 aromatic carbocycles. The monoisotopic (exact) mass is 519 g/mol. The quantitative estimate of drug-likeness (QED) is 0.0612. The molecule has 3 atom stereocenters. The summed E-state index contributed by atoms with van der Waals surface area (Å²) in [4.78, 5) is 65.8. The number of hydrazine groups is 1. The van der Waals surface area contributed by atoms with Gasteiger partial charge in [-0.15, -0.1) is 0 Å². The lowest BCUT2D eigenvalue weighted by Gasteiger charge is -2.22. The molecular formula is C24H37N7O6. The zero-order valence-corrected chi connectivity index (χ0v) is 21.2. The van der Waals surface area contributed by atoms with Gasteiger partial charge in [0.05, 0.1) is 6.42 Å². The summed E-state index contributed by atoms with van der Waals surface area (Å²) in [5.74, 6) is 1.03. The van der Waals surface area contributed by atoms with E-state index >= 15 is 0 Å². The number of carbonyl (C=O) groups excluding carboxylic acids is 5. The molecule has 13 heteroatoms. The third-order valence-electron chi connectivity index (χ3n) is 5.63. The van der Waals surface area contributed by atoms with E-state index in [4.69, 9.17) is 17.3 Å². The number of hydrogen-bond acceptors (Lipinski definition) is 8. The van der Waals surface area contributed by atoms with Crippen LogP contribution < -0.4 is 33.4 Å². The van der Waals surface area contributed by atoms with E-state index in [0.717, 1.165) is 0 Å². The summed E-state index contributed by atoms with van der Waals surface area (Å²) in [5, 5.41) is 14.5. The van der Waals surface area contributed by atoms with E-state index in [1.165, 1.54) is 24.3 Å². The lowest BCUT2D eigenvalue weighted by Crippen LogP contribution is -2.51. The van der Waals surface area contributed by atoms with Crippen LogP contribution in [0.5, 0.6) is 5.75 Å². The van der Waals surface area contributed by atoms with Gasteiger partial charge < -0.3 is 27.2 Å². The van der Waals surface area contributed by atoms with Crippen LogP contribution in [0.2, 0.25) is 0 Å². The van der Waals surface area contributed by atoms with Gasteiger partial charge >= 0.3 is 0 Å². The van der Waals surface area contributed by atoms with Gasteiger partial charge in [-0.1, -0.05) is 32.4 Å². The molecule has 0 aromatic heterocycles.